The van der Waals surface area contributed by atoms with Gasteiger partial charge in [-0.25, -0.2) is 0 Å². The second kappa shape index (κ2) is 7.01. The van der Waals surface area contributed by atoms with Crippen LogP contribution in [0.1, 0.15) is 32.4 Å². The number of thioether (sulfide) groups is 1. The Balaban J connectivity index is 1.69. The average molecular weight is 348 g/mol. The number of nitrogens with zero attached hydrogens (tertiary/aromatic N) is 4. The topological polar surface area (TPSA) is 64.2 Å². The minimum Gasteiger partial charge on any atom is -0.469 e. The lowest BCUT2D eigenvalue weighted by Gasteiger charge is -2.31. The summed E-state index contributed by atoms with van der Waals surface area (Å²) in [5.74, 6) is 2.48. The maximum absolute atomic E-state index is 12.6. The van der Waals surface area contributed by atoms with E-state index in [0.717, 1.165) is 54.2 Å². The van der Waals surface area contributed by atoms with Gasteiger partial charge in [0.1, 0.15) is 5.76 Å². The van der Waals surface area contributed by atoms with Crippen LogP contribution in [0.25, 0.3) is 11.4 Å². The summed E-state index contributed by atoms with van der Waals surface area (Å²) in [6, 6.07) is 1.89. The number of hydrogen-bond donors (Lipinski definition) is 0. The summed E-state index contributed by atoms with van der Waals surface area (Å²) in [6.07, 6.45) is 3.84. The molecular formula is C17H24N4O2S. The molecule has 0 aromatic carbocycles. The number of hydrogen-bond acceptors (Lipinski definition) is 5. The highest BCUT2D eigenvalue weighted by Crippen LogP contribution is 2.29. The maximum atomic E-state index is 12.6. The van der Waals surface area contributed by atoms with Crippen molar-refractivity contribution in [3.05, 3.63) is 18.1 Å². The first-order valence-corrected chi connectivity index (χ1v) is 9.24. The van der Waals surface area contributed by atoms with E-state index in [1.807, 2.05) is 36.4 Å². The highest BCUT2D eigenvalue weighted by atomic mass is 32.2. The molecule has 1 fully saturated rings. The van der Waals surface area contributed by atoms with Gasteiger partial charge in [-0.2, -0.15) is 0 Å². The molecule has 1 aliphatic rings. The summed E-state index contributed by atoms with van der Waals surface area (Å²) in [6.45, 7) is 7.83. The molecular weight excluding hydrogens is 324 g/mol. The molecule has 0 aliphatic carbocycles. The lowest BCUT2D eigenvalue weighted by Crippen LogP contribution is -2.41. The second-order valence-corrected chi connectivity index (χ2v) is 7.83. The van der Waals surface area contributed by atoms with Crippen molar-refractivity contribution >= 4 is 17.7 Å². The van der Waals surface area contributed by atoms with Crippen LogP contribution in [0.15, 0.2) is 21.9 Å². The summed E-state index contributed by atoms with van der Waals surface area (Å²) in [5, 5.41) is 9.10. The maximum Gasteiger partial charge on any atom is 0.235 e. The van der Waals surface area contributed by atoms with Crippen molar-refractivity contribution in [2.24, 2.45) is 13.0 Å². The van der Waals surface area contributed by atoms with Crippen LogP contribution < -0.4 is 0 Å². The van der Waals surface area contributed by atoms with Crippen molar-refractivity contribution in [1.29, 1.82) is 0 Å². The third-order valence-corrected chi connectivity index (χ3v) is 5.78. The van der Waals surface area contributed by atoms with Crippen molar-refractivity contribution < 1.29 is 9.21 Å². The number of carbonyl (C=O) groups is 1. The summed E-state index contributed by atoms with van der Waals surface area (Å²) in [4.78, 5) is 14.6. The lowest BCUT2D eigenvalue weighted by molar-refractivity contribution is -0.131. The largest absolute Gasteiger partial charge is 0.469 e. The Bertz CT molecular complexity index is 716. The molecule has 3 rings (SSSR count). The third-order valence-electron chi connectivity index (χ3n) is 4.66. The van der Waals surface area contributed by atoms with E-state index in [2.05, 4.69) is 17.1 Å². The number of carbonyl (C=O) groups excluding carboxylic acids is 1. The van der Waals surface area contributed by atoms with Crippen LogP contribution in [0.3, 0.4) is 0 Å². The number of furan rings is 1. The predicted molar refractivity (Wildman–Crippen MR) is 93.7 cm³/mol. The predicted octanol–water partition coefficient (Wildman–Crippen LogP) is 3.12. The Labute approximate surface area is 146 Å². The number of piperidine rings is 1. The quantitative estimate of drug-likeness (QED) is 0.794. The van der Waals surface area contributed by atoms with Crippen LogP contribution in [0.2, 0.25) is 0 Å². The molecule has 0 N–H and O–H groups in total. The fourth-order valence-electron chi connectivity index (χ4n) is 2.96. The molecule has 0 radical (unpaired) electrons. The van der Waals surface area contributed by atoms with Gasteiger partial charge in [-0.05, 0) is 38.7 Å². The van der Waals surface area contributed by atoms with E-state index >= 15 is 0 Å². The molecule has 1 saturated heterocycles. The number of amides is 1. The first-order valence-electron chi connectivity index (χ1n) is 8.36. The number of rotatable bonds is 4. The first kappa shape index (κ1) is 17.1. The van der Waals surface area contributed by atoms with Crippen molar-refractivity contribution in [3.63, 3.8) is 0 Å². The van der Waals surface area contributed by atoms with Crippen molar-refractivity contribution in [2.45, 2.75) is 44.0 Å². The molecule has 3 heterocycles. The SMILES string of the molecule is Cc1occc1-c1nnc(S[C@H](C)C(=O)N2CCC(C)CC2)n1C. The Morgan fingerprint density at radius 3 is 2.71 bits per heavy atom. The van der Waals surface area contributed by atoms with Crippen LogP contribution >= 0.6 is 11.8 Å². The van der Waals surface area contributed by atoms with E-state index in [9.17, 15) is 4.79 Å². The average Bonchev–Trinajstić information content (AvgIpc) is 3.14. The molecule has 0 bridgehead atoms. The highest BCUT2D eigenvalue weighted by molar-refractivity contribution is 8.00. The molecule has 6 nitrogen and oxygen atoms in total. The van der Waals surface area contributed by atoms with Crippen LogP contribution in [-0.4, -0.2) is 43.9 Å². The fourth-order valence-corrected chi connectivity index (χ4v) is 3.86. The van der Waals surface area contributed by atoms with Crippen LogP contribution in [-0.2, 0) is 11.8 Å². The number of aryl methyl sites for hydroxylation is 1. The number of aromatic nitrogens is 3. The molecule has 0 unspecified atom stereocenters. The minimum absolute atomic E-state index is 0.167. The first-order chi connectivity index (χ1) is 11.5. The Kier molecular flexibility index (Phi) is 4.99. The van der Waals surface area contributed by atoms with Gasteiger partial charge in [0, 0.05) is 20.1 Å². The van der Waals surface area contributed by atoms with Gasteiger partial charge >= 0.3 is 0 Å². The van der Waals surface area contributed by atoms with Crippen molar-refractivity contribution in [3.8, 4) is 11.4 Å². The summed E-state index contributed by atoms with van der Waals surface area (Å²) in [5.41, 5.74) is 0.931. The summed E-state index contributed by atoms with van der Waals surface area (Å²) in [7, 11) is 1.92. The van der Waals surface area contributed by atoms with Gasteiger partial charge < -0.3 is 13.9 Å². The molecule has 0 saturated carbocycles. The Morgan fingerprint density at radius 2 is 2.08 bits per heavy atom. The van der Waals surface area contributed by atoms with Gasteiger partial charge in [0.2, 0.25) is 5.91 Å². The molecule has 0 spiro atoms. The molecule has 1 amide bonds. The molecule has 1 aliphatic heterocycles. The zero-order valence-corrected chi connectivity index (χ0v) is 15.5. The van der Waals surface area contributed by atoms with Gasteiger partial charge in [-0.3, -0.25) is 4.79 Å². The Hall–Kier alpha value is -1.76. The number of likely N-dealkylation sites (tertiary alicyclic amines) is 1. The molecule has 2 aromatic rings. The van der Waals surface area contributed by atoms with E-state index in [0.29, 0.717) is 0 Å². The molecule has 130 valence electrons. The smallest absolute Gasteiger partial charge is 0.235 e. The summed E-state index contributed by atoms with van der Waals surface area (Å²) >= 11 is 1.46. The van der Waals surface area contributed by atoms with E-state index < -0.39 is 0 Å². The lowest BCUT2D eigenvalue weighted by atomic mass is 9.99. The normalized spacial score (nSPS) is 17.2. The minimum atomic E-state index is -0.167. The van der Waals surface area contributed by atoms with Crippen molar-refractivity contribution in [2.75, 3.05) is 13.1 Å². The van der Waals surface area contributed by atoms with E-state index in [4.69, 9.17) is 4.42 Å². The van der Waals surface area contributed by atoms with E-state index in [-0.39, 0.29) is 11.2 Å². The summed E-state index contributed by atoms with van der Waals surface area (Å²) < 4.78 is 7.26. The van der Waals surface area contributed by atoms with Gasteiger partial charge in [0.25, 0.3) is 0 Å². The van der Waals surface area contributed by atoms with Gasteiger partial charge in [-0.15, -0.1) is 10.2 Å². The van der Waals surface area contributed by atoms with Crippen LogP contribution in [0, 0.1) is 12.8 Å². The van der Waals surface area contributed by atoms with Crippen molar-refractivity contribution in [1.82, 2.24) is 19.7 Å². The highest BCUT2D eigenvalue weighted by Gasteiger charge is 2.26. The fraction of sp³-hybridized carbons (Fsp3) is 0.588. The van der Waals surface area contributed by atoms with Crippen LogP contribution in [0.4, 0.5) is 0 Å². The molecule has 2 aromatic heterocycles. The van der Waals surface area contributed by atoms with Gasteiger partial charge in [0.15, 0.2) is 11.0 Å². The van der Waals surface area contributed by atoms with E-state index in [1.54, 1.807) is 6.26 Å². The third kappa shape index (κ3) is 3.36. The van der Waals surface area contributed by atoms with Crippen LogP contribution in [0.5, 0.6) is 0 Å². The zero-order valence-electron chi connectivity index (χ0n) is 14.7. The molecule has 24 heavy (non-hydrogen) atoms. The van der Waals surface area contributed by atoms with Gasteiger partial charge in [-0.1, -0.05) is 18.7 Å². The molecule has 1 atom stereocenters. The Morgan fingerprint density at radius 1 is 1.38 bits per heavy atom. The second-order valence-electron chi connectivity index (χ2n) is 6.52. The van der Waals surface area contributed by atoms with Gasteiger partial charge in [0.05, 0.1) is 17.1 Å². The monoisotopic (exact) mass is 348 g/mol. The standard InChI is InChI=1S/C17H24N4O2S/c1-11-5-8-21(9-6-11)16(22)13(3)24-17-19-18-15(20(17)4)14-7-10-23-12(14)2/h7,10-11,13H,5-6,8-9H2,1-4H3/t13-/m1/s1. The molecule has 7 heteroatoms. The zero-order chi connectivity index (χ0) is 17.3. The van der Waals surface area contributed by atoms with E-state index in [1.165, 1.54) is 11.8 Å².